The van der Waals surface area contributed by atoms with Gasteiger partial charge in [0.2, 0.25) is 11.7 Å². The third kappa shape index (κ3) is 4.07. The lowest BCUT2D eigenvalue weighted by molar-refractivity contribution is -0.124. The van der Waals surface area contributed by atoms with Gasteiger partial charge < -0.3 is 5.32 Å². The van der Waals surface area contributed by atoms with Crippen molar-refractivity contribution in [3.63, 3.8) is 0 Å². The quantitative estimate of drug-likeness (QED) is 0.829. The number of nitrogens with one attached hydrogen (secondary N) is 1. The smallest absolute Gasteiger partial charge is 0.246 e. The van der Waals surface area contributed by atoms with Crippen molar-refractivity contribution in [1.29, 1.82) is 0 Å². The number of allylic oxidation sites excluding steroid dienone is 1. The lowest BCUT2D eigenvalue weighted by atomic mass is 9.97. The number of rotatable bonds is 6. The number of carbonyl (C=O) groups excluding carboxylic acids is 1. The highest BCUT2D eigenvalue weighted by atomic mass is 16.2. The van der Waals surface area contributed by atoms with E-state index in [2.05, 4.69) is 26.8 Å². The largest absolute Gasteiger partial charge is 0.354 e. The van der Waals surface area contributed by atoms with E-state index in [1.807, 2.05) is 30.3 Å². The molecule has 24 heavy (non-hydrogen) atoms. The molecule has 2 aromatic rings. The van der Waals surface area contributed by atoms with Crippen LogP contribution in [-0.4, -0.2) is 32.7 Å². The molecular weight excluding hydrogens is 302 g/mol. The number of benzene rings is 1. The normalized spacial score (nSPS) is 15.6. The first kappa shape index (κ1) is 16.4. The third-order valence-corrected chi connectivity index (χ3v) is 4.32. The lowest BCUT2D eigenvalue weighted by Crippen LogP contribution is -2.33. The van der Waals surface area contributed by atoms with Gasteiger partial charge in [-0.3, -0.25) is 4.79 Å². The summed E-state index contributed by atoms with van der Waals surface area (Å²) in [5.74, 6) is 0.450. The van der Waals surface area contributed by atoms with Crippen LogP contribution in [0.15, 0.2) is 42.0 Å². The highest BCUT2D eigenvalue weighted by molar-refractivity contribution is 5.79. The van der Waals surface area contributed by atoms with E-state index in [1.165, 1.54) is 29.6 Å². The first-order chi connectivity index (χ1) is 11.7. The molecule has 1 aliphatic rings. The van der Waals surface area contributed by atoms with E-state index in [4.69, 9.17) is 0 Å². The van der Waals surface area contributed by atoms with Gasteiger partial charge in [-0.05, 0) is 44.2 Å². The zero-order chi connectivity index (χ0) is 16.8. The van der Waals surface area contributed by atoms with Crippen molar-refractivity contribution >= 4 is 5.91 Å². The van der Waals surface area contributed by atoms with Crippen LogP contribution in [0.25, 0.3) is 11.4 Å². The molecule has 6 nitrogen and oxygen atoms in total. The summed E-state index contributed by atoms with van der Waals surface area (Å²) < 4.78 is 0. The summed E-state index contributed by atoms with van der Waals surface area (Å²) in [7, 11) is 0. The Kier molecular flexibility index (Phi) is 5.36. The molecule has 6 heteroatoms. The Morgan fingerprint density at radius 1 is 1.29 bits per heavy atom. The van der Waals surface area contributed by atoms with Crippen molar-refractivity contribution in [2.24, 2.45) is 0 Å². The molecule has 1 aromatic carbocycles. The summed E-state index contributed by atoms with van der Waals surface area (Å²) >= 11 is 0. The molecule has 0 saturated carbocycles. The molecule has 126 valence electrons. The predicted molar refractivity (Wildman–Crippen MR) is 92.1 cm³/mol. The predicted octanol–water partition coefficient (Wildman–Crippen LogP) is 2.91. The number of hydrogen-bond acceptors (Lipinski definition) is 4. The Balaban J connectivity index is 1.54. The van der Waals surface area contributed by atoms with Crippen LogP contribution in [0.4, 0.5) is 0 Å². The molecule has 0 fully saturated rings. The molecule has 1 aromatic heterocycles. The topological polar surface area (TPSA) is 72.7 Å². The Labute approximate surface area is 142 Å². The van der Waals surface area contributed by atoms with E-state index in [-0.39, 0.29) is 5.91 Å². The van der Waals surface area contributed by atoms with Crippen molar-refractivity contribution in [3.8, 4) is 11.4 Å². The maximum Gasteiger partial charge on any atom is 0.246 e. The van der Waals surface area contributed by atoms with Gasteiger partial charge in [-0.1, -0.05) is 42.0 Å². The first-order valence-corrected chi connectivity index (χ1v) is 8.54. The summed E-state index contributed by atoms with van der Waals surface area (Å²) in [6.45, 7) is 2.45. The molecule has 0 saturated heterocycles. The number of hydrogen-bond donors (Lipinski definition) is 1. The van der Waals surface area contributed by atoms with Gasteiger partial charge in [-0.25, -0.2) is 0 Å². The average Bonchev–Trinajstić information content (AvgIpc) is 3.13. The van der Waals surface area contributed by atoms with Gasteiger partial charge in [0.05, 0.1) is 0 Å². The Hall–Kier alpha value is -2.50. The fraction of sp³-hybridized carbons (Fsp3) is 0.444. The average molecular weight is 325 g/mol. The summed E-state index contributed by atoms with van der Waals surface area (Å²) in [6.07, 6.45) is 8.12. The number of aromatic nitrogens is 4. The van der Waals surface area contributed by atoms with Crippen LogP contribution in [-0.2, 0) is 4.79 Å². The summed E-state index contributed by atoms with van der Waals surface area (Å²) in [5, 5.41) is 15.3. The van der Waals surface area contributed by atoms with Gasteiger partial charge >= 0.3 is 0 Å². The van der Waals surface area contributed by atoms with E-state index in [1.54, 1.807) is 6.92 Å². The molecule has 1 unspecified atom stereocenters. The van der Waals surface area contributed by atoms with Crippen molar-refractivity contribution in [2.75, 3.05) is 6.54 Å². The van der Waals surface area contributed by atoms with E-state index in [0.29, 0.717) is 12.4 Å². The van der Waals surface area contributed by atoms with Crippen LogP contribution in [0.3, 0.4) is 0 Å². The highest BCUT2D eigenvalue weighted by Gasteiger charge is 2.18. The molecule has 1 amide bonds. The van der Waals surface area contributed by atoms with Crippen LogP contribution in [0.2, 0.25) is 0 Å². The Morgan fingerprint density at radius 2 is 2.12 bits per heavy atom. The second-order valence-electron chi connectivity index (χ2n) is 6.12. The summed E-state index contributed by atoms with van der Waals surface area (Å²) in [6, 6.07) is 9.15. The number of nitrogens with zero attached hydrogens (tertiary/aromatic N) is 4. The molecule has 1 atom stereocenters. The number of tetrazole rings is 1. The summed E-state index contributed by atoms with van der Waals surface area (Å²) in [5.41, 5.74) is 2.35. The van der Waals surface area contributed by atoms with Gasteiger partial charge in [0.15, 0.2) is 0 Å². The minimum Gasteiger partial charge on any atom is -0.354 e. The standard InChI is InChI=1S/C18H23N5O/c1-14(18(24)19-13-12-15-8-4-2-5-9-15)23-21-17(20-22-23)16-10-6-3-7-11-16/h3,6-8,10-11,14H,2,4-5,9,12-13H2,1H3,(H,19,24). The van der Waals surface area contributed by atoms with Gasteiger partial charge in [0.25, 0.3) is 0 Å². The third-order valence-electron chi connectivity index (χ3n) is 4.32. The van der Waals surface area contributed by atoms with Crippen molar-refractivity contribution in [2.45, 2.75) is 45.1 Å². The zero-order valence-corrected chi connectivity index (χ0v) is 14.0. The summed E-state index contributed by atoms with van der Waals surface area (Å²) in [4.78, 5) is 13.6. The minimum atomic E-state index is -0.477. The lowest BCUT2D eigenvalue weighted by Gasteiger charge is -2.14. The molecule has 0 radical (unpaired) electrons. The van der Waals surface area contributed by atoms with Crippen LogP contribution >= 0.6 is 0 Å². The van der Waals surface area contributed by atoms with Crippen molar-refractivity contribution < 1.29 is 4.79 Å². The van der Waals surface area contributed by atoms with Crippen LogP contribution < -0.4 is 5.32 Å². The molecule has 1 heterocycles. The zero-order valence-electron chi connectivity index (χ0n) is 14.0. The molecule has 0 spiro atoms. The molecule has 3 rings (SSSR count). The number of carbonyl (C=O) groups is 1. The molecular formula is C18H23N5O. The molecule has 0 aliphatic heterocycles. The first-order valence-electron chi connectivity index (χ1n) is 8.54. The van der Waals surface area contributed by atoms with E-state index >= 15 is 0 Å². The number of amides is 1. The van der Waals surface area contributed by atoms with Crippen LogP contribution in [0.1, 0.15) is 45.1 Å². The van der Waals surface area contributed by atoms with E-state index < -0.39 is 6.04 Å². The fourth-order valence-electron chi connectivity index (χ4n) is 2.82. The van der Waals surface area contributed by atoms with Gasteiger partial charge in [-0.2, -0.15) is 4.80 Å². The fourth-order valence-corrected chi connectivity index (χ4v) is 2.82. The monoisotopic (exact) mass is 325 g/mol. The highest BCUT2D eigenvalue weighted by Crippen LogP contribution is 2.19. The van der Waals surface area contributed by atoms with Crippen molar-refractivity contribution in [3.05, 3.63) is 42.0 Å². The second-order valence-corrected chi connectivity index (χ2v) is 6.12. The van der Waals surface area contributed by atoms with Crippen LogP contribution in [0, 0.1) is 0 Å². The maximum absolute atomic E-state index is 12.3. The minimum absolute atomic E-state index is 0.0802. The van der Waals surface area contributed by atoms with E-state index in [0.717, 1.165) is 18.4 Å². The van der Waals surface area contributed by atoms with Crippen molar-refractivity contribution in [1.82, 2.24) is 25.5 Å². The molecule has 1 aliphatic carbocycles. The maximum atomic E-state index is 12.3. The Bertz CT molecular complexity index is 707. The van der Waals surface area contributed by atoms with Crippen LogP contribution in [0.5, 0.6) is 0 Å². The van der Waals surface area contributed by atoms with Gasteiger partial charge in [0, 0.05) is 12.1 Å². The van der Waals surface area contributed by atoms with Gasteiger partial charge in [0.1, 0.15) is 6.04 Å². The second kappa shape index (κ2) is 7.86. The molecule has 1 N–H and O–H groups in total. The Morgan fingerprint density at radius 3 is 2.88 bits per heavy atom. The molecule has 0 bridgehead atoms. The van der Waals surface area contributed by atoms with Gasteiger partial charge in [-0.15, -0.1) is 10.2 Å². The van der Waals surface area contributed by atoms with E-state index in [9.17, 15) is 4.79 Å². The SMILES string of the molecule is CC(C(=O)NCCC1=CCCCC1)n1nnc(-c2ccccc2)n1.